The largest absolute Gasteiger partial charge is 0.490 e. The van der Waals surface area contributed by atoms with E-state index < -0.39 is 5.54 Å². The summed E-state index contributed by atoms with van der Waals surface area (Å²) in [5.74, 6) is 1.66. The monoisotopic (exact) mass is 491 g/mol. The van der Waals surface area contributed by atoms with Crippen molar-refractivity contribution in [3.63, 3.8) is 0 Å². The molecule has 1 aliphatic carbocycles. The maximum absolute atomic E-state index is 11.7. The second-order valence-electron chi connectivity index (χ2n) is 11.4. The molecule has 1 N–H and O–H groups in total. The first kappa shape index (κ1) is 24.0. The molecule has 2 fully saturated rings. The number of benzene rings is 3. The molecule has 0 spiro atoms. The standard InChI is InChI=1S/C30H34ClNO3/c1-29(2,3)21-8-13-24(14-9-21)35-26-16-7-20-17-22(30(4)18-34-28(33)32-30)10-15-25(20)27(26)19-5-11-23(31)12-6-19/h5-7,10-12,15-17,21,24H,8-9,13-14,18H2,1-4H3,(H,32,33)/t21?,24?,30-/m0/s1. The van der Waals surface area contributed by atoms with Gasteiger partial charge >= 0.3 is 6.09 Å². The summed E-state index contributed by atoms with van der Waals surface area (Å²) >= 11 is 6.21. The molecular formula is C30H34ClNO3. The van der Waals surface area contributed by atoms with Crippen molar-refractivity contribution in [2.24, 2.45) is 11.3 Å². The second kappa shape index (κ2) is 9.05. The van der Waals surface area contributed by atoms with Crippen molar-refractivity contribution in [1.82, 2.24) is 5.32 Å². The summed E-state index contributed by atoms with van der Waals surface area (Å²) < 4.78 is 11.9. The third-order valence-electron chi connectivity index (χ3n) is 7.81. The number of cyclic esters (lactones) is 1. The average molecular weight is 492 g/mol. The Labute approximate surface area is 213 Å². The van der Waals surface area contributed by atoms with Gasteiger partial charge in [0, 0.05) is 10.6 Å². The number of alkyl carbamates (subject to hydrolysis) is 1. The van der Waals surface area contributed by atoms with Gasteiger partial charge in [0.05, 0.1) is 11.6 Å². The van der Waals surface area contributed by atoms with Gasteiger partial charge in [0.25, 0.3) is 0 Å². The van der Waals surface area contributed by atoms with Gasteiger partial charge in [-0.15, -0.1) is 0 Å². The highest BCUT2D eigenvalue weighted by Crippen LogP contribution is 2.43. The zero-order chi connectivity index (χ0) is 24.8. The molecule has 3 aromatic carbocycles. The van der Waals surface area contributed by atoms with Crippen LogP contribution in [0.3, 0.4) is 0 Å². The Bertz CT molecular complexity index is 1240. The van der Waals surface area contributed by atoms with Crippen LogP contribution in [0.1, 0.15) is 58.9 Å². The van der Waals surface area contributed by atoms with E-state index in [0.29, 0.717) is 17.0 Å². The first-order valence-electron chi connectivity index (χ1n) is 12.6. The first-order valence-corrected chi connectivity index (χ1v) is 12.9. The Morgan fingerprint density at radius 1 is 1.00 bits per heavy atom. The van der Waals surface area contributed by atoms with E-state index in [1.807, 2.05) is 19.1 Å². The Morgan fingerprint density at radius 3 is 2.34 bits per heavy atom. The van der Waals surface area contributed by atoms with Crippen molar-refractivity contribution in [3.8, 4) is 16.9 Å². The van der Waals surface area contributed by atoms with E-state index in [-0.39, 0.29) is 12.2 Å². The molecule has 2 aliphatic rings. The van der Waals surface area contributed by atoms with Crippen molar-refractivity contribution >= 4 is 28.5 Å². The molecule has 184 valence electrons. The Kier molecular flexibility index (Phi) is 6.21. The number of halogens is 1. The van der Waals surface area contributed by atoms with Crippen molar-refractivity contribution in [2.75, 3.05) is 6.61 Å². The third kappa shape index (κ3) is 4.86. The number of carbonyl (C=O) groups is 1. The fourth-order valence-electron chi connectivity index (χ4n) is 5.55. The normalized spacial score (nSPS) is 24.8. The van der Waals surface area contributed by atoms with E-state index >= 15 is 0 Å². The van der Waals surface area contributed by atoms with Crippen LogP contribution in [-0.4, -0.2) is 18.8 Å². The van der Waals surface area contributed by atoms with Gasteiger partial charge < -0.3 is 14.8 Å². The summed E-state index contributed by atoms with van der Waals surface area (Å²) in [5, 5.41) is 5.87. The summed E-state index contributed by atoms with van der Waals surface area (Å²) in [6, 6.07) is 18.5. The molecule has 0 radical (unpaired) electrons. The van der Waals surface area contributed by atoms with Crippen LogP contribution in [0.4, 0.5) is 4.79 Å². The molecule has 1 saturated carbocycles. The van der Waals surface area contributed by atoms with Crippen LogP contribution in [0.2, 0.25) is 5.02 Å². The maximum atomic E-state index is 11.7. The number of hydrogen-bond acceptors (Lipinski definition) is 3. The van der Waals surface area contributed by atoms with Gasteiger partial charge in [0.1, 0.15) is 12.4 Å². The maximum Gasteiger partial charge on any atom is 0.408 e. The predicted octanol–water partition coefficient (Wildman–Crippen LogP) is 8.10. The highest BCUT2D eigenvalue weighted by Gasteiger charge is 2.37. The van der Waals surface area contributed by atoms with Crippen molar-refractivity contribution in [1.29, 1.82) is 0 Å². The molecular weight excluding hydrogens is 458 g/mol. The minimum atomic E-state index is -0.535. The highest BCUT2D eigenvalue weighted by atomic mass is 35.5. The SMILES string of the molecule is CC(C)(C)C1CCC(Oc2ccc3cc([C@]4(C)COC(=O)N4)ccc3c2-c2ccc(Cl)cc2)CC1. The molecule has 1 aliphatic heterocycles. The number of fused-ring (bicyclic) bond motifs is 1. The molecule has 35 heavy (non-hydrogen) atoms. The average Bonchev–Trinajstić information content (AvgIpc) is 3.19. The quantitative estimate of drug-likeness (QED) is 0.401. The molecule has 5 heteroatoms. The van der Waals surface area contributed by atoms with Crippen LogP contribution in [0.15, 0.2) is 54.6 Å². The molecule has 5 rings (SSSR count). The van der Waals surface area contributed by atoms with E-state index in [0.717, 1.165) is 52.0 Å². The van der Waals surface area contributed by atoms with Gasteiger partial charge in [-0.1, -0.05) is 62.7 Å². The summed E-state index contributed by atoms with van der Waals surface area (Å²) in [7, 11) is 0. The van der Waals surface area contributed by atoms with Crippen LogP contribution in [0.25, 0.3) is 21.9 Å². The van der Waals surface area contributed by atoms with Gasteiger partial charge in [-0.05, 0) is 90.1 Å². The molecule has 0 unspecified atom stereocenters. The van der Waals surface area contributed by atoms with Crippen molar-refractivity contribution < 1.29 is 14.3 Å². The summed E-state index contributed by atoms with van der Waals surface area (Å²) in [4.78, 5) is 11.7. The van der Waals surface area contributed by atoms with Gasteiger partial charge in [0.2, 0.25) is 0 Å². The summed E-state index contributed by atoms with van der Waals surface area (Å²) in [6.45, 7) is 9.35. The number of nitrogens with one attached hydrogen (secondary N) is 1. The summed E-state index contributed by atoms with van der Waals surface area (Å²) in [5.41, 5.74) is 3.00. The number of carbonyl (C=O) groups excluding carboxylic acids is 1. The highest BCUT2D eigenvalue weighted by molar-refractivity contribution is 6.30. The Morgan fingerprint density at radius 2 is 1.71 bits per heavy atom. The van der Waals surface area contributed by atoms with Gasteiger partial charge in [0.15, 0.2) is 0 Å². The summed E-state index contributed by atoms with van der Waals surface area (Å²) in [6.07, 6.45) is 4.41. The molecule has 1 amide bonds. The molecule has 0 bridgehead atoms. The molecule has 1 heterocycles. The lowest BCUT2D eigenvalue weighted by Gasteiger charge is -2.37. The van der Waals surface area contributed by atoms with E-state index in [9.17, 15) is 4.79 Å². The lowest BCUT2D eigenvalue weighted by atomic mass is 9.72. The number of hydrogen-bond donors (Lipinski definition) is 1. The van der Waals surface area contributed by atoms with Gasteiger partial charge in [-0.2, -0.15) is 0 Å². The molecule has 3 aromatic rings. The van der Waals surface area contributed by atoms with Crippen molar-refractivity contribution in [2.45, 2.75) is 65.0 Å². The predicted molar refractivity (Wildman–Crippen MR) is 142 cm³/mol. The molecule has 4 nitrogen and oxygen atoms in total. The van der Waals surface area contributed by atoms with Crippen LogP contribution < -0.4 is 10.1 Å². The lowest BCUT2D eigenvalue weighted by Crippen LogP contribution is -2.37. The van der Waals surface area contributed by atoms with Crippen LogP contribution in [-0.2, 0) is 10.3 Å². The molecule has 1 saturated heterocycles. The topological polar surface area (TPSA) is 47.6 Å². The van der Waals surface area contributed by atoms with Crippen molar-refractivity contribution in [3.05, 3.63) is 65.2 Å². The molecule has 0 aromatic heterocycles. The van der Waals surface area contributed by atoms with Crippen LogP contribution in [0, 0.1) is 11.3 Å². The van der Waals surface area contributed by atoms with Gasteiger partial charge in [-0.3, -0.25) is 0 Å². The van der Waals surface area contributed by atoms with E-state index in [4.69, 9.17) is 21.1 Å². The van der Waals surface area contributed by atoms with E-state index in [1.165, 1.54) is 12.8 Å². The fraction of sp³-hybridized carbons (Fsp3) is 0.433. The van der Waals surface area contributed by atoms with E-state index in [1.54, 1.807) is 0 Å². The Hall–Kier alpha value is -2.72. The van der Waals surface area contributed by atoms with Crippen LogP contribution >= 0.6 is 11.6 Å². The smallest absolute Gasteiger partial charge is 0.408 e. The zero-order valence-electron chi connectivity index (χ0n) is 21.0. The first-order chi connectivity index (χ1) is 16.6. The lowest BCUT2D eigenvalue weighted by molar-refractivity contribution is 0.0887. The molecule has 1 atom stereocenters. The Balaban J connectivity index is 1.51. The number of ether oxygens (including phenoxy) is 2. The van der Waals surface area contributed by atoms with Gasteiger partial charge in [-0.25, -0.2) is 4.79 Å². The van der Waals surface area contributed by atoms with Crippen LogP contribution in [0.5, 0.6) is 5.75 Å². The zero-order valence-corrected chi connectivity index (χ0v) is 21.7. The minimum absolute atomic E-state index is 0.223. The number of amides is 1. The van der Waals surface area contributed by atoms with E-state index in [2.05, 4.69) is 68.6 Å². The second-order valence-corrected chi connectivity index (χ2v) is 11.8. The minimum Gasteiger partial charge on any atom is -0.490 e. The fourth-order valence-corrected chi connectivity index (χ4v) is 5.68. The third-order valence-corrected chi connectivity index (χ3v) is 8.07. The number of rotatable bonds is 4.